The summed E-state index contributed by atoms with van der Waals surface area (Å²) in [5.74, 6) is -1.46. The highest BCUT2D eigenvalue weighted by Gasteiger charge is 2.31. The molecule has 0 bridgehead atoms. The van der Waals surface area contributed by atoms with Crippen LogP contribution >= 0.6 is 0 Å². The summed E-state index contributed by atoms with van der Waals surface area (Å²) in [6, 6.07) is 6.13. The first-order valence-corrected chi connectivity index (χ1v) is 9.33. The van der Waals surface area contributed by atoms with Crippen molar-refractivity contribution < 1.29 is 41.0 Å². The Labute approximate surface area is 164 Å². The number of aliphatic carboxylic acids is 1. The minimum absolute atomic E-state index is 0.00976. The molecular formula is C18H16F3NO6S. The van der Waals surface area contributed by atoms with Crippen LogP contribution in [0, 0.1) is 0 Å². The van der Waals surface area contributed by atoms with Crippen molar-refractivity contribution in [2.75, 3.05) is 18.9 Å². The highest BCUT2D eigenvalue weighted by molar-refractivity contribution is 7.92. The van der Waals surface area contributed by atoms with Crippen molar-refractivity contribution in [1.29, 1.82) is 0 Å². The summed E-state index contributed by atoms with van der Waals surface area (Å²) in [6.07, 6.45) is -2.73. The molecule has 156 valence electrons. The Morgan fingerprint density at radius 3 is 2.38 bits per heavy atom. The van der Waals surface area contributed by atoms with Gasteiger partial charge in [0.25, 0.3) is 10.0 Å². The Hall–Kier alpha value is -3.21. The average molecular weight is 431 g/mol. The Morgan fingerprint density at radius 2 is 1.83 bits per heavy atom. The maximum atomic E-state index is 12.9. The smallest absolute Gasteiger partial charge is 0.416 e. The van der Waals surface area contributed by atoms with E-state index in [1.165, 1.54) is 20.3 Å². The molecule has 7 nitrogen and oxygen atoms in total. The molecule has 0 saturated heterocycles. The van der Waals surface area contributed by atoms with Crippen LogP contribution in [0.4, 0.5) is 18.9 Å². The van der Waals surface area contributed by atoms with E-state index in [4.69, 9.17) is 14.6 Å². The number of carboxylic acid groups (broad SMARTS) is 1. The predicted molar refractivity (Wildman–Crippen MR) is 98.5 cm³/mol. The molecule has 2 aromatic carbocycles. The number of hydrogen-bond acceptors (Lipinski definition) is 5. The zero-order chi connectivity index (χ0) is 21.8. The van der Waals surface area contributed by atoms with Gasteiger partial charge in [0.2, 0.25) is 0 Å². The van der Waals surface area contributed by atoms with Crippen LogP contribution in [0.1, 0.15) is 11.1 Å². The summed E-state index contributed by atoms with van der Waals surface area (Å²) in [5, 5.41) is 8.75. The first-order chi connectivity index (χ1) is 13.5. The Bertz CT molecular complexity index is 1050. The molecule has 2 rings (SSSR count). The summed E-state index contributed by atoms with van der Waals surface area (Å²) in [7, 11) is -1.98. The molecule has 0 saturated carbocycles. The van der Waals surface area contributed by atoms with Gasteiger partial charge in [-0.2, -0.15) is 13.2 Å². The normalized spacial score (nSPS) is 12.0. The van der Waals surface area contributed by atoms with E-state index in [2.05, 4.69) is 4.72 Å². The van der Waals surface area contributed by atoms with Crippen molar-refractivity contribution in [1.82, 2.24) is 0 Å². The molecule has 0 atom stereocenters. The summed E-state index contributed by atoms with van der Waals surface area (Å²) in [5.41, 5.74) is -1.18. The zero-order valence-corrected chi connectivity index (χ0v) is 16.0. The van der Waals surface area contributed by atoms with Crippen LogP contribution in [0.25, 0.3) is 6.08 Å². The molecule has 0 fully saturated rings. The number of halogens is 3. The van der Waals surface area contributed by atoms with E-state index in [1.54, 1.807) is 0 Å². The first-order valence-electron chi connectivity index (χ1n) is 7.85. The highest BCUT2D eigenvalue weighted by atomic mass is 32.2. The number of sulfonamides is 1. The summed E-state index contributed by atoms with van der Waals surface area (Å²) in [4.78, 5) is 10.3. The molecule has 0 unspecified atom stereocenters. The van der Waals surface area contributed by atoms with E-state index in [-0.39, 0.29) is 22.7 Å². The maximum Gasteiger partial charge on any atom is 0.416 e. The van der Waals surface area contributed by atoms with Crippen molar-refractivity contribution >= 4 is 27.8 Å². The second-order valence-corrected chi connectivity index (χ2v) is 7.26. The highest BCUT2D eigenvalue weighted by Crippen LogP contribution is 2.37. The number of rotatable bonds is 7. The maximum absolute atomic E-state index is 12.9. The van der Waals surface area contributed by atoms with Gasteiger partial charge in [-0.3, -0.25) is 4.72 Å². The van der Waals surface area contributed by atoms with Gasteiger partial charge in [-0.05, 0) is 42.0 Å². The van der Waals surface area contributed by atoms with Crippen molar-refractivity contribution in [2.24, 2.45) is 0 Å². The third-order valence-electron chi connectivity index (χ3n) is 3.62. The lowest BCUT2D eigenvalue weighted by Gasteiger charge is -2.16. The largest absolute Gasteiger partial charge is 0.493 e. The van der Waals surface area contributed by atoms with Gasteiger partial charge < -0.3 is 14.6 Å². The zero-order valence-electron chi connectivity index (χ0n) is 15.1. The molecule has 2 N–H and O–H groups in total. The van der Waals surface area contributed by atoms with Crippen LogP contribution in [0.2, 0.25) is 0 Å². The van der Waals surface area contributed by atoms with Gasteiger partial charge in [-0.1, -0.05) is 6.07 Å². The first kappa shape index (κ1) is 22.1. The molecule has 11 heteroatoms. The predicted octanol–water partition coefficient (Wildman–Crippen LogP) is 3.62. The monoisotopic (exact) mass is 431 g/mol. The number of methoxy groups -OCH3 is 2. The lowest BCUT2D eigenvalue weighted by Crippen LogP contribution is -2.15. The topological polar surface area (TPSA) is 102 Å². The van der Waals surface area contributed by atoms with Crippen molar-refractivity contribution in [3.05, 3.63) is 53.6 Å². The van der Waals surface area contributed by atoms with E-state index in [0.717, 1.165) is 36.4 Å². The van der Waals surface area contributed by atoms with Crippen LogP contribution in [0.5, 0.6) is 11.5 Å². The van der Waals surface area contributed by atoms with Crippen molar-refractivity contribution in [3.8, 4) is 11.5 Å². The van der Waals surface area contributed by atoms with Gasteiger partial charge in [0, 0.05) is 11.8 Å². The number of benzene rings is 2. The van der Waals surface area contributed by atoms with Gasteiger partial charge in [0.05, 0.1) is 19.8 Å². The number of ether oxygens (including phenoxy) is 2. The number of carboxylic acids is 1. The fraction of sp³-hybridized carbons (Fsp3) is 0.167. The van der Waals surface area contributed by atoms with Gasteiger partial charge in [-0.25, -0.2) is 13.2 Å². The van der Waals surface area contributed by atoms with Crippen LogP contribution < -0.4 is 14.2 Å². The van der Waals surface area contributed by atoms with Gasteiger partial charge >= 0.3 is 12.1 Å². The molecule has 0 aliphatic rings. The quantitative estimate of drug-likeness (QED) is 0.650. The molecule has 0 aliphatic carbocycles. The molecule has 2 aromatic rings. The standard InChI is InChI=1S/C18H16F3NO6S/c1-27-14-8-11(6-7-16(23)24)9-15(17(14)28-2)29(25,26)22-13-5-3-4-12(10-13)18(19,20)21/h3-10,22H,1-2H3,(H,23,24). The summed E-state index contributed by atoms with van der Waals surface area (Å²) in [6.45, 7) is 0. The molecule has 0 aromatic heterocycles. The van der Waals surface area contributed by atoms with Crippen molar-refractivity contribution in [3.63, 3.8) is 0 Å². The molecule has 0 radical (unpaired) electrons. The number of anilines is 1. The average Bonchev–Trinajstić information content (AvgIpc) is 2.64. The summed E-state index contributed by atoms with van der Waals surface area (Å²) < 4.78 is 76.5. The fourth-order valence-electron chi connectivity index (χ4n) is 2.38. The van der Waals surface area contributed by atoms with Crippen LogP contribution in [-0.2, 0) is 21.0 Å². The summed E-state index contributed by atoms with van der Waals surface area (Å²) >= 11 is 0. The molecule has 29 heavy (non-hydrogen) atoms. The van der Waals surface area contributed by atoms with Gasteiger partial charge in [0.15, 0.2) is 11.5 Å². The lowest BCUT2D eigenvalue weighted by molar-refractivity contribution is -0.137. The van der Waals surface area contributed by atoms with E-state index >= 15 is 0 Å². The number of hydrogen-bond donors (Lipinski definition) is 2. The molecular weight excluding hydrogens is 415 g/mol. The van der Waals surface area contributed by atoms with E-state index in [1.807, 2.05) is 0 Å². The van der Waals surface area contributed by atoms with E-state index in [0.29, 0.717) is 6.07 Å². The fourth-order valence-corrected chi connectivity index (χ4v) is 3.65. The van der Waals surface area contributed by atoms with Crippen LogP contribution in [-0.4, -0.2) is 33.7 Å². The van der Waals surface area contributed by atoms with E-state index in [9.17, 15) is 26.4 Å². The van der Waals surface area contributed by atoms with E-state index < -0.39 is 32.6 Å². The third-order valence-corrected chi connectivity index (χ3v) is 5.00. The third kappa shape index (κ3) is 5.41. The van der Waals surface area contributed by atoms with Gasteiger partial charge in [-0.15, -0.1) is 0 Å². The van der Waals surface area contributed by atoms with Crippen LogP contribution in [0.15, 0.2) is 47.4 Å². The Balaban J connectivity index is 2.56. The molecule has 0 amide bonds. The molecule has 0 heterocycles. The molecule has 0 aliphatic heterocycles. The minimum atomic E-state index is -4.65. The number of nitrogens with one attached hydrogen (secondary N) is 1. The Morgan fingerprint density at radius 1 is 1.14 bits per heavy atom. The second-order valence-electron chi connectivity index (χ2n) is 5.61. The van der Waals surface area contributed by atoms with Crippen molar-refractivity contribution in [2.45, 2.75) is 11.1 Å². The number of carbonyl (C=O) groups is 1. The van der Waals surface area contributed by atoms with Crippen LogP contribution in [0.3, 0.4) is 0 Å². The molecule has 0 spiro atoms. The lowest BCUT2D eigenvalue weighted by atomic mass is 10.2. The Kier molecular flexibility index (Phi) is 6.42. The SMILES string of the molecule is COc1cc(C=CC(=O)O)cc(S(=O)(=O)Nc2cccc(C(F)(F)F)c2)c1OC. The van der Waals surface area contributed by atoms with Gasteiger partial charge in [0.1, 0.15) is 4.90 Å². The second kappa shape index (κ2) is 8.43. The number of alkyl halides is 3. The minimum Gasteiger partial charge on any atom is -0.493 e.